The SMILES string of the molecule is O=C(NCCn1nc(-c2ccsc2)cc1C1CC1)c1ccc(F)cc1Cl. The summed E-state index contributed by atoms with van der Waals surface area (Å²) in [4.78, 5) is 12.2. The van der Waals surface area contributed by atoms with Gasteiger partial charge in [0.1, 0.15) is 5.82 Å². The van der Waals surface area contributed by atoms with Crippen LogP contribution in [0.2, 0.25) is 5.02 Å². The van der Waals surface area contributed by atoms with E-state index in [0.717, 1.165) is 17.3 Å². The van der Waals surface area contributed by atoms with E-state index < -0.39 is 5.82 Å². The molecule has 4 nitrogen and oxygen atoms in total. The second-order valence-electron chi connectivity index (χ2n) is 6.34. The van der Waals surface area contributed by atoms with Gasteiger partial charge in [0.25, 0.3) is 5.91 Å². The second-order valence-corrected chi connectivity index (χ2v) is 7.53. The van der Waals surface area contributed by atoms with E-state index in [0.29, 0.717) is 19.0 Å². The van der Waals surface area contributed by atoms with Crippen molar-refractivity contribution in [2.75, 3.05) is 6.54 Å². The number of nitrogens with one attached hydrogen (secondary N) is 1. The molecule has 0 atom stereocenters. The van der Waals surface area contributed by atoms with E-state index in [1.807, 2.05) is 10.1 Å². The van der Waals surface area contributed by atoms with Gasteiger partial charge in [-0.05, 0) is 48.6 Å². The van der Waals surface area contributed by atoms with Crippen molar-refractivity contribution in [2.24, 2.45) is 0 Å². The minimum Gasteiger partial charge on any atom is -0.350 e. The van der Waals surface area contributed by atoms with E-state index in [4.69, 9.17) is 16.7 Å². The molecule has 26 heavy (non-hydrogen) atoms. The van der Waals surface area contributed by atoms with Crippen LogP contribution in [-0.2, 0) is 6.54 Å². The maximum Gasteiger partial charge on any atom is 0.252 e. The Morgan fingerprint density at radius 3 is 2.88 bits per heavy atom. The number of hydrogen-bond acceptors (Lipinski definition) is 3. The summed E-state index contributed by atoms with van der Waals surface area (Å²) >= 11 is 7.59. The fourth-order valence-corrected chi connectivity index (χ4v) is 3.82. The number of aromatic nitrogens is 2. The molecule has 1 amide bonds. The van der Waals surface area contributed by atoms with Gasteiger partial charge < -0.3 is 5.32 Å². The molecular formula is C19H17ClFN3OS. The van der Waals surface area contributed by atoms with Crippen LogP contribution in [0.3, 0.4) is 0 Å². The second kappa shape index (κ2) is 7.21. The lowest BCUT2D eigenvalue weighted by Crippen LogP contribution is -2.28. The monoisotopic (exact) mass is 389 g/mol. The minimum atomic E-state index is -0.460. The number of carbonyl (C=O) groups excluding carboxylic acids is 1. The zero-order valence-electron chi connectivity index (χ0n) is 13.9. The highest BCUT2D eigenvalue weighted by atomic mass is 35.5. The molecule has 0 unspecified atom stereocenters. The third-order valence-corrected chi connectivity index (χ3v) is 5.40. The Morgan fingerprint density at radius 1 is 1.35 bits per heavy atom. The van der Waals surface area contributed by atoms with Gasteiger partial charge in [0.05, 0.1) is 22.8 Å². The summed E-state index contributed by atoms with van der Waals surface area (Å²) in [7, 11) is 0. The summed E-state index contributed by atoms with van der Waals surface area (Å²) in [5.41, 5.74) is 3.59. The number of rotatable bonds is 6. The molecule has 1 aliphatic carbocycles. The van der Waals surface area contributed by atoms with E-state index >= 15 is 0 Å². The number of carbonyl (C=O) groups is 1. The Balaban J connectivity index is 1.43. The first-order valence-electron chi connectivity index (χ1n) is 8.45. The van der Waals surface area contributed by atoms with Gasteiger partial charge in [-0.1, -0.05) is 11.6 Å². The lowest BCUT2D eigenvalue weighted by atomic mass is 10.2. The van der Waals surface area contributed by atoms with E-state index in [2.05, 4.69) is 22.8 Å². The van der Waals surface area contributed by atoms with Gasteiger partial charge in [-0.25, -0.2) is 4.39 Å². The minimum absolute atomic E-state index is 0.111. The van der Waals surface area contributed by atoms with Crippen molar-refractivity contribution in [3.05, 3.63) is 63.2 Å². The summed E-state index contributed by atoms with van der Waals surface area (Å²) < 4.78 is 15.1. The number of benzene rings is 1. The maximum atomic E-state index is 13.1. The third-order valence-electron chi connectivity index (χ3n) is 4.41. The highest BCUT2D eigenvalue weighted by Gasteiger charge is 2.28. The van der Waals surface area contributed by atoms with Gasteiger partial charge in [0, 0.05) is 29.1 Å². The van der Waals surface area contributed by atoms with Gasteiger partial charge in [-0.3, -0.25) is 9.48 Å². The first-order valence-corrected chi connectivity index (χ1v) is 9.77. The van der Waals surface area contributed by atoms with Crippen molar-refractivity contribution in [3.63, 3.8) is 0 Å². The molecule has 7 heteroatoms. The lowest BCUT2D eigenvalue weighted by Gasteiger charge is -2.09. The number of hydrogen-bond donors (Lipinski definition) is 1. The molecular weight excluding hydrogens is 373 g/mol. The van der Waals surface area contributed by atoms with E-state index in [9.17, 15) is 9.18 Å². The van der Waals surface area contributed by atoms with Gasteiger partial charge in [0.2, 0.25) is 0 Å². The highest BCUT2D eigenvalue weighted by Crippen LogP contribution is 2.41. The Morgan fingerprint density at radius 2 is 2.19 bits per heavy atom. The van der Waals surface area contributed by atoms with Gasteiger partial charge in [0.15, 0.2) is 0 Å². The van der Waals surface area contributed by atoms with E-state index in [1.165, 1.54) is 30.7 Å². The molecule has 1 saturated carbocycles. The molecule has 2 heterocycles. The molecule has 0 radical (unpaired) electrons. The Hall–Kier alpha value is -2.18. The Bertz CT molecular complexity index is 934. The summed E-state index contributed by atoms with van der Waals surface area (Å²) in [5, 5.41) is 11.8. The molecule has 0 aliphatic heterocycles. The van der Waals surface area contributed by atoms with Crippen molar-refractivity contribution < 1.29 is 9.18 Å². The molecule has 134 valence electrons. The van der Waals surface area contributed by atoms with Crippen LogP contribution in [0.4, 0.5) is 4.39 Å². The Labute approximate surface area is 159 Å². The van der Waals surface area contributed by atoms with Crippen molar-refractivity contribution in [1.29, 1.82) is 0 Å². The van der Waals surface area contributed by atoms with Crippen molar-refractivity contribution in [1.82, 2.24) is 15.1 Å². The number of amides is 1. The highest BCUT2D eigenvalue weighted by molar-refractivity contribution is 7.08. The molecule has 4 rings (SSSR count). The predicted octanol–water partition coefficient (Wildman–Crippen LogP) is 4.71. The topological polar surface area (TPSA) is 46.9 Å². The maximum absolute atomic E-state index is 13.1. The molecule has 0 bridgehead atoms. The van der Waals surface area contributed by atoms with Crippen molar-refractivity contribution >= 4 is 28.8 Å². The predicted molar refractivity (Wildman–Crippen MR) is 101 cm³/mol. The average Bonchev–Trinajstić information content (AvgIpc) is 3.14. The fraction of sp³-hybridized carbons (Fsp3) is 0.263. The smallest absolute Gasteiger partial charge is 0.252 e. The van der Waals surface area contributed by atoms with Gasteiger partial charge >= 0.3 is 0 Å². The Kier molecular flexibility index (Phi) is 4.78. The van der Waals surface area contributed by atoms with Crippen LogP contribution in [0.5, 0.6) is 0 Å². The normalized spacial score (nSPS) is 13.8. The van der Waals surface area contributed by atoms with Gasteiger partial charge in [-0.15, -0.1) is 0 Å². The molecule has 1 N–H and O–H groups in total. The largest absolute Gasteiger partial charge is 0.350 e. The van der Waals surface area contributed by atoms with Crippen LogP contribution in [0, 0.1) is 5.82 Å². The van der Waals surface area contributed by atoms with Gasteiger partial charge in [-0.2, -0.15) is 16.4 Å². The molecule has 3 aromatic rings. The number of thiophene rings is 1. The molecule has 1 fully saturated rings. The van der Waals surface area contributed by atoms with Crippen LogP contribution in [0.25, 0.3) is 11.3 Å². The molecule has 0 saturated heterocycles. The van der Waals surface area contributed by atoms with Crippen molar-refractivity contribution in [3.8, 4) is 11.3 Å². The van der Waals surface area contributed by atoms with Crippen LogP contribution < -0.4 is 5.32 Å². The molecule has 0 spiro atoms. The number of nitrogens with zero attached hydrogens (tertiary/aromatic N) is 2. The molecule has 2 aromatic heterocycles. The van der Waals surface area contributed by atoms with E-state index in [-0.39, 0.29) is 16.5 Å². The third kappa shape index (κ3) is 3.66. The van der Waals surface area contributed by atoms with Crippen LogP contribution in [-0.4, -0.2) is 22.2 Å². The van der Waals surface area contributed by atoms with Crippen LogP contribution in [0.15, 0.2) is 41.1 Å². The van der Waals surface area contributed by atoms with E-state index in [1.54, 1.807) is 11.3 Å². The van der Waals surface area contributed by atoms with Crippen LogP contribution in [0.1, 0.15) is 34.8 Å². The summed E-state index contributed by atoms with van der Waals surface area (Å²) in [6.07, 6.45) is 2.37. The first kappa shape index (κ1) is 17.2. The molecule has 1 aromatic carbocycles. The lowest BCUT2D eigenvalue weighted by molar-refractivity contribution is 0.0952. The van der Waals surface area contributed by atoms with Crippen molar-refractivity contribution in [2.45, 2.75) is 25.3 Å². The average molecular weight is 390 g/mol. The molecule has 1 aliphatic rings. The zero-order chi connectivity index (χ0) is 18.1. The summed E-state index contributed by atoms with van der Waals surface area (Å²) in [6.45, 7) is 1.01. The zero-order valence-corrected chi connectivity index (χ0v) is 15.5. The first-order chi connectivity index (χ1) is 12.6. The quantitative estimate of drug-likeness (QED) is 0.663. The summed E-state index contributed by atoms with van der Waals surface area (Å²) in [5.74, 6) is -0.205. The summed E-state index contributed by atoms with van der Waals surface area (Å²) in [6, 6.07) is 7.98. The standard InChI is InChI=1S/C19H17ClFN3OS/c20-16-9-14(21)3-4-15(16)19(25)22-6-7-24-18(12-1-2-12)10-17(23-24)13-5-8-26-11-13/h3-5,8-12H,1-2,6-7H2,(H,22,25). The van der Waals surface area contributed by atoms with Crippen LogP contribution >= 0.6 is 22.9 Å². The number of halogens is 2. The fourth-order valence-electron chi connectivity index (χ4n) is 2.91.